The maximum atomic E-state index is 11.9. The van der Waals surface area contributed by atoms with Gasteiger partial charge in [-0.1, -0.05) is 25.2 Å². The minimum absolute atomic E-state index is 0.0413. The van der Waals surface area contributed by atoms with Gasteiger partial charge in [-0.05, 0) is 0 Å². The van der Waals surface area contributed by atoms with Gasteiger partial charge in [-0.2, -0.15) is 0 Å². The smallest absolute Gasteiger partial charge is 0.293 e. The van der Waals surface area contributed by atoms with Crippen LogP contribution < -0.4 is 15.5 Å². The molecule has 2 rings (SSSR count). The first-order valence-electron chi connectivity index (χ1n) is 5.83. The van der Waals surface area contributed by atoms with E-state index in [-0.39, 0.29) is 17.4 Å². The number of methoxy groups -OCH3 is 1. The SMILES string of the molecule is COc1coc(C(=O)Nc2nnc(C(C)C)s2)cc1=O. The molecule has 106 valence electrons. The lowest BCUT2D eigenvalue weighted by Gasteiger charge is -2.01. The number of nitrogens with zero attached hydrogens (tertiary/aromatic N) is 2. The highest BCUT2D eigenvalue weighted by Gasteiger charge is 2.15. The Morgan fingerprint density at radius 1 is 1.45 bits per heavy atom. The molecule has 20 heavy (non-hydrogen) atoms. The number of nitrogens with one attached hydrogen (secondary N) is 1. The molecule has 1 N–H and O–H groups in total. The molecule has 1 amide bonds. The summed E-state index contributed by atoms with van der Waals surface area (Å²) in [5, 5.41) is 11.5. The molecule has 0 atom stereocenters. The number of carbonyl (C=O) groups excluding carboxylic acids is 1. The van der Waals surface area contributed by atoms with E-state index in [0.717, 1.165) is 17.3 Å². The maximum absolute atomic E-state index is 11.9. The summed E-state index contributed by atoms with van der Waals surface area (Å²) < 4.78 is 9.81. The third kappa shape index (κ3) is 3.02. The number of hydrogen-bond donors (Lipinski definition) is 1. The first-order chi connectivity index (χ1) is 9.51. The Hall–Kier alpha value is -2.22. The second-order valence-corrected chi connectivity index (χ2v) is 5.24. The van der Waals surface area contributed by atoms with Gasteiger partial charge in [0.15, 0.2) is 5.76 Å². The summed E-state index contributed by atoms with van der Waals surface area (Å²) in [6.45, 7) is 3.96. The predicted molar refractivity (Wildman–Crippen MR) is 73.5 cm³/mol. The monoisotopic (exact) mass is 295 g/mol. The fourth-order valence-electron chi connectivity index (χ4n) is 1.34. The van der Waals surface area contributed by atoms with Crippen molar-refractivity contribution in [2.45, 2.75) is 19.8 Å². The van der Waals surface area contributed by atoms with Gasteiger partial charge < -0.3 is 9.15 Å². The van der Waals surface area contributed by atoms with Gasteiger partial charge in [-0.25, -0.2) is 0 Å². The van der Waals surface area contributed by atoms with Gasteiger partial charge in [0.05, 0.1) is 7.11 Å². The Labute approximate surface area is 118 Å². The first kappa shape index (κ1) is 14.2. The molecule has 0 aromatic carbocycles. The fourth-order valence-corrected chi connectivity index (χ4v) is 2.09. The zero-order chi connectivity index (χ0) is 14.7. The molecule has 2 aromatic heterocycles. The van der Waals surface area contributed by atoms with Gasteiger partial charge in [-0.3, -0.25) is 14.9 Å². The molecule has 7 nitrogen and oxygen atoms in total. The van der Waals surface area contributed by atoms with Crippen molar-refractivity contribution < 1.29 is 13.9 Å². The Morgan fingerprint density at radius 2 is 2.20 bits per heavy atom. The Kier molecular flexibility index (Phi) is 4.14. The van der Waals surface area contributed by atoms with Crippen LogP contribution in [0.25, 0.3) is 0 Å². The van der Waals surface area contributed by atoms with Gasteiger partial charge in [0, 0.05) is 12.0 Å². The van der Waals surface area contributed by atoms with Crippen molar-refractivity contribution >= 4 is 22.4 Å². The Morgan fingerprint density at radius 3 is 2.75 bits per heavy atom. The number of aromatic nitrogens is 2. The lowest BCUT2D eigenvalue weighted by molar-refractivity contribution is 0.0993. The number of ether oxygens (including phenoxy) is 1. The standard InChI is InChI=1S/C12H13N3O4S/c1-6(2)11-14-15-12(20-11)13-10(17)8-4-7(16)9(18-3)5-19-8/h4-6H,1-3H3,(H,13,15,17). The summed E-state index contributed by atoms with van der Waals surface area (Å²) in [5.41, 5.74) is -0.427. The van der Waals surface area contributed by atoms with Crippen molar-refractivity contribution in [1.82, 2.24) is 10.2 Å². The van der Waals surface area contributed by atoms with E-state index in [1.54, 1.807) is 0 Å². The quantitative estimate of drug-likeness (QED) is 0.925. The van der Waals surface area contributed by atoms with Crippen molar-refractivity contribution in [2.75, 3.05) is 12.4 Å². The minimum atomic E-state index is -0.559. The summed E-state index contributed by atoms with van der Waals surface area (Å²) in [6.07, 6.45) is 1.09. The van der Waals surface area contributed by atoms with Crippen LogP contribution in [-0.4, -0.2) is 23.2 Å². The lowest BCUT2D eigenvalue weighted by atomic mass is 10.2. The van der Waals surface area contributed by atoms with Crippen molar-refractivity contribution in [1.29, 1.82) is 0 Å². The Balaban J connectivity index is 2.15. The lowest BCUT2D eigenvalue weighted by Crippen LogP contribution is -2.15. The number of amides is 1. The highest BCUT2D eigenvalue weighted by molar-refractivity contribution is 7.15. The van der Waals surface area contributed by atoms with E-state index in [9.17, 15) is 9.59 Å². The van der Waals surface area contributed by atoms with E-state index in [2.05, 4.69) is 15.5 Å². The van der Waals surface area contributed by atoms with Gasteiger partial charge in [0.1, 0.15) is 11.3 Å². The zero-order valence-corrected chi connectivity index (χ0v) is 12.0. The molecule has 0 radical (unpaired) electrons. The van der Waals surface area contributed by atoms with Crippen LogP contribution in [0.4, 0.5) is 5.13 Å². The van der Waals surface area contributed by atoms with E-state index in [1.165, 1.54) is 18.4 Å². The maximum Gasteiger partial charge on any atom is 0.293 e. The summed E-state index contributed by atoms with van der Waals surface area (Å²) in [5.74, 6) is -0.398. The van der Waals surface area contributed by atoms with Crippen molar-refractivity contribution in [3.05, 3.63) is 33.3 Å². The molecule has 0 bridgehead atoms. The molecular weight excluding hydrogens is 282 g/mol. The summed E-state index contributed by atoms with van der Waals surface area (Å²) >= 11 is 1.28. The van der Waals surface area contributed by atoms with Crippen molar-refractivity contribution in [2.24, 2.45) is 0 Å². The van der Waals surface area contributed by atoms with Crippen LogP contribution >= 0.6 is 11.3 Å². The third-order valence-electron chi connectivity index (χ3n) is 2.40. The highest BCUT2D eigenvalue weighted by atomic mass is 32.1. The van der Waals surface area contributed by atoms with Gasteiger partial charge in [0.25, 0.3) is 5.91 Å². The number of hydrogen-bond acceptors (Lipinski definition) is 7. The molecule has 0 aliphatic heterocycles. The largest absolute Gasteiger partial charge is 0.490 e. The van der Waals surface area contributed by atoms with Gasteiger partial charge >= 0.3 is 0 Å². The van der Waals surface area contributed by atoms with Crippen LogP contribution in [0.15, 0.2) is 21.5 Å². The van der Waals surface area contributed by atoms with Gasteiger partial charge in [0.2, 0.25) is 16.3 Å². The number of rotatable bonds is 4. The average Bonchev–Trinajstić information content (AvgIpc) is 2.87. The van der Waals surface area contributed by atoms with E-state index in [4.69, 9.17) is 9.15 Å². The van der Waals surface area contributed by atoms with Crippen molar-refractivity contribution in [3.63, 3.8) is 0 Å². The molecule has 0 saturated carbocycles. The topological polar surface area (TPSA) is 94.3 Å². The second-order valence-electron chi connectivity index (χ2n) is 4.23. The average molecular weight is 295 g/mol. The summed E-state index contributed by atoms with van der Waals surface area (Å²) in [6, 6.07) is 1.07. The first-order valence-corrected chi connectivity index (χ1v) is 6.64. The van der Waals surface area contributed by atoms with Gasteiger partial charge in [-0.15, -0.1) is 10.2 Å². The van der Waals surface area contributed by atoms with Crippen LogP contribution in [-0.2, 0) is 0 Å². The summed E-state index contributed by atoms with van der Waals surface area (Å²) in [4.78, 5) is 23.4. The minimum Gasteiger partial charge on any atom is -0.490 e. The van der Waals surface area contributed by atoms with Crippen LogP contribution in [0.5, 0.6) is 5.75 Å². The van der Waals surface area contributed by atoms with E-state index in [0.29, 0.717) is 5.13 Å². The van der Waals surface area contributed by atoms with Crippen LogP contribution in [0.1, 0.15) is 35.3 Å². The molecule has 2 heterocycles. The number of carbonyl (C=O) groups is 1. The molecular formula is C12H13N3O4S. The van der Waals surface area contributed by atoms with E-state index in [1.807, 2.05) is 13.8 Å². The van der Waals surface area contributed by atoms with E-state index < -0.39 is 11.3 Å². The third-order valence-corrected chi connectivity index (χ3v) is 3.54. The van der Waals surface area contributed by atoms with E-state index >= 15 is 0 Å². The fraction of sp³-hybridized carbons (Fsp3) is 0.333. The zero-order valence-electron chi connectivity index (χ0n) is 11.2. The molecule has 0 fully saturated rings. The van der Waals surface area contributed by atoms with Crippen LogP contribution in [0, 0.1) is 0 Å². The van der Waals surface area contributed by atoms with Crippen LogP contribution in [0.3, 0.4) is 0 Å². The molecule has 0 aliphatic carbocycles. The molecule has 0 spiro atoms. The Bertz CT molecular complexity index is 677. The molecule has 0 unspecified atom stereocenters. The molecule has 8 heteroatoms. The molecule has 2 aromatic rings. The normalized spacial score (nSPS) is 10.6. The molecule has 0 saturated heterocycles. The van der Waals surface area contributed by atoms with Crippen LogP contribution in [0.2, 0.25) is 0 Å². The second kappa shape index (κ2) is 5.83. The van der Waals surface area contributed by atoms with Crippen molar-refractivity contribution in [3.8, 4) is 5.75 Å². The number of anilines is 1. The predicted octanol–water partition coefficient (Wildman–Crippen LogP) is 1.88. The summed E-state index contributed by atoms with van der Waals surface area (Å²) in [7, 11) is 1.35. The molecule has 0 aliphatic rings. The highest BCUT2D eigenvalue weighted by Crippen LogP contribution is 2.22.